The molecule has 2 atom stereocenters. The van der Waals surface area contributed by atoms with Gasteiger partial charge in [-0.15, -0.1) is 0 Å². The molecular weight excluding hydrogens is 230 g/mol. The summed E-state index contributed by atoms with van der Waals surface area (Å²) < 4.78 is 0. The topological polar surface area (TPSA) is 12.0 Å². The number of hydrogen-bond donors (Lipinski definition) is 1. The maximum Gasteiger partial charge on any atom is 0.0408 e. The molecule has 1 N–H and O–H groups in total. The highest BCUT2D eigenvalue weighted by atomic mass is 35.5. The smallest absolute Gasteiger partial charge is 0.0408 e. The Kier molecular flexibility index (Phi) is 3.79. The lowest BCUT2D eigenvalue weighted by molar-refractivity contribution is 0.226. The zero-order valence-corrected chi connectivity index (χ0v) is 11.7. The molecule has 2 unspecified atom stereocenters. The Labute approximate surface area is 110 Å². The number of halogens is 1. The van der Waals surface area contributed by atoms with E-state index in [-0.39, 0.29) is 5.54 Å². The molecule has 94 valence electrons. The maximum absolute atomic E-state index is 6.05. The molecule has 0 saturated heterocycles. The molecule has 0 aliphatic heterocycles. The lowest BCUT2D eigenvalue weighted by Gasteiger charge is -2.39. The van der Waals surface area contributed by atoms with Crippen molar-refractivity contribution in [2.24, 2.45) is 5.92 Å². The fourth-order valence-electron chi connectivity index (χ4n) is 2.43. The van der Waals surface area contributed by atoms with Crippen LogP contribution in [0.2, 0.25) is 5.02 Å². The first-order valence-electron chi connectivity index (χ1n) is 6.46. The summed E-state index contributed by atoms with van der Waals surface area (Å²) in [6.07, 6.45) is 2.64. The van der Waals surface area contributed by atoms with Gasteiger partial charge in [-0.25, -0.2) is 0 Å². The summed E-state index contributed by atoms with van der Waals surface area (Å²) in [5, 5.41) is 4.46. The van der Waals surface area contributed by atoms with Crippen LogP contribution in [0.5, 0.6) is 0 Å². The van der Waals surface area contributed by atoms with Crippen LogP contribution in [0, 0.1) is 5.92 Å². The van der Waals surface area contributed by atoms with Crippen LogP contribution in [-0.4, -0.2) is 12.1 Å². The molecule has 1 nitrogen and oxygen atoms in total. The van der Waals surface area contributed by atoms with Gasteiger partial charge in [-0.2, -0.15) is 0 Å². The summed E-state index contributed by atoms with van der Waals surface area (Å²) >= 11 is 6.05. The van der Waals surface area contributed by atoms with Gasteiger partial charge in [0.05, 0.1) is 0 Å². The average molecular weight is 252 g/mol. The van der Waals surface area contributed by atoms with E-state index in [2.05, 4.69) is 44.3 Å². The van der Waals surface area contributed by atoms with E-state index in [4.69, 9.17) is 11.6 Å². The van der Waals surface area contributed by atoms with Gasteiger partial charge in [0.2, 0.25) is 0 Å². The summed E-state index contributed by atoms with van der Waals surface area (Å²) in [6.45, 7) is 7.78. The molecule has 1 aliphatic rings. The minimum atomic E-state index is 0.217. The molecule has 0 aromatic heterocycles. The Morgan fingerprint density at radius 1 is 1.29 bits per heavy atom. The lowest BCUT2D eigenvalue weighted by Crippen LogP contribution is -2.42. The number of nitrogens with one attached hydrogen (secondary N) is 1. The van der Waals surface area contributed by atoms with Gasteiger partial charge in [0.25, 0.3) is 0 Å². The third kappa shape index (κ3) is 3.46. The fraction of sp³-hybridized carbons (Fsp3) is 0.600. The van der Waals surface area contributed by atoms with Gasteiger partial charge < -0.3 is 5.32 Å². The second-order valence-electron chi connectivity index (χ2n) is 6.13. The summed E-state index contributed by atoms with van der Waals surface area (Å²) in [4.78, 5) is 0. The van der Waals surface area contributed by atoms with Gasteiger partial charge in [0.1, 0.15) is 0 Å². The van der Waals surface area contributed by atoms with Crippen molar-refractivity contribution in [3.8, 4) is 0 Å². The Hall–Kier alpha value is -0.530. The van der Waals surface area contributed by atoms with Gasteiger partial charge in [-0.05, 0) is 69.7 Å². The fourth-order valence-corrected chi connectivity index (χ4v) is 2.63. The highest BCUT2D eigenvalue weighted by Gasteiger charge is 2.32. The molecule has 1 aromatic rings. The molecule has 1 aromatic carbocycles. The van der Waals surface area contributed by atoms with Crippen molar-refractivity contribution in [2.75, 3.05) is 6.54 Å². The Bertz CT molecular complexity index is 381. The molecule has 0 spiro atoms. The normalized spacial score (nSPS) is 24.5. The number of hydrogen-bond acceptors (Lipinski definition) is 1. The van der Waals surface area contributed by atoms with Crippen molar-refractivity contribution < 1.29 is 0 Å². The SMILES string of the molecule is CC(C)(C)NCC1CCC1c1cccc(Cl)c1. The lowest BCUT2D eigenvalue weighted by atomic mass is 9.70. The summed E-state index contributed by atoms with van der Waals surface area (Å²) in [5.41, 5.74) is 1.62. The number of benzene rings is 1. The molecule has 1 aliphatic carbocycles. The van der Waals surface area contributed by atoms with Crippen molar-refractivity contribution in [1.82, 2.24) is 5.32 Å². The molecule has 1 fully saturated rings. The Balaban J connectivity index is 1.95. The van der Waals surface area contributed by atoms with Crippen molar-refractivity contribution in [3.63, 3.8) is 0 Å². The van der Waals surface area contributed by atoms with Crippen LogP contribution >= 0.6 is 11.6 Å². The first-order chi connectivity index (χ1) is 7.96. The minimum Gasteiger partial charge on any atom is -0.312 e. The summed E-state index contributed by atoms with van der Waals surface area (Å²) in [5.74, 6) is 1.47. The molecular formula is C15H22ClN. The van der Waals surface area contributed by atoms with E-state index < -0.39 is 0 Å². The molecule has 1 saturated carbocycles. The van der Waals surface area contributed by atoms with E-state index in [0.29, 0.717) is 5.92 Å². The van der Waals surface area contributed by atoms with Crippen molar-refractivity contribution in [3.05, 3.63) is 34.9 Å². The predicted molar refractivity (Wildman–Crippen MR) is 74.7 cm³/mol. The van der Waals surface area contributed by atoms with Crippen LogP contribution in [-0.2, 0) is 0 Å². The van der Waals surface area contributed by atoms with Crippen LogP contribution in [0.1, 0.15) is 45.1 Å². The van der Waals surface area contributed by atoms with E-state index in [1.54, 1.807) is 0 Å². The summed E-state index contributed by atoms with van der Waals surface area (Å²) in [7, 11) is 0. The van der Waals surface area contributed by atoms with Crippen LogP contribution in [0.3, 0.4) is 0 Å². The van der Waals surface area contributed by atoms with Crippen molar-refractivity contribution in [2.45, 2.75) is 45.1 Å². The minimum absolute atomic E-state index is 0.217. The first-order valence-corrected chi connectivity index (χ1v) is 6.84. The second-order valence-corrected chi connectivity index (χ2v) is 6.57. The Morgan fingerprint density at radius 3 is 2.59 bits per heavy atom. The molecule has 0 bridgehead atoms. The van der Waals surface area contributed by atoms with Crippen LogP contribution < -0.4 is 5.32 Å². The van der Waals surface area contributed by atoms with E-state index >= 15 is 0 Å². The zero-order chi connectivity index (χ0) is 12.5. The quantitative estimate of drug-likeness (QED) is 0.848. The highest BCUT2D eigenvalue weighted by molar-refractivity contribution is 6.30. The molecule has 0 heterocycles. The zero-order valence-electron chi connectivity index (χ0n) is 11.0. The predicted octanol–water partition coefficient (Wildman–Crippen LogP) is 4.22. The largest absolute Gasteiger partial charge is 0.312 e. The van der Waals surface area contributed by atoms with Crippen LogP contribution in [0.25, 0.3) is 0 Å². The van der Waals surface area contributed by atoms with E-state index in [0.717, 1.165) is 17.5 Å². The monoisotopic (exact) mass is 251 g/mol. The van der Waals surface area contributed by atoms with Crippen molar-refractivity contribution in [1.29, 1.82) is 0 Å². The summed E-state index contributed by atoms with van der Waals surface area (Å²) in [6, 6.07) is 8.34. The molecule has 0 radical (unpaired) electrons. The third-order valence-electron chi connectivity index (χ3n) is 3.59. The van der Waals surface area contributed by atoms with Gasteiger partial charge in [0, 0.05) is 10.6 Å². The highest BCUT2D eigenvalue weighted by Crippen LogP contribution is 2.42. The van der Waals surface area contributed by atoms with Gasteiger partial charge in [-0.3, -0.25) is 0 Å². The van der Waals surface area contributed by atoms with Crippen molar-refractivity contribution >= 4 is 11.6 Å². The maximum atomic E-state index is 6.05. The number of rotatable bonds is 3. The molecule has 0 amide bonds. The average Bonchev–Trinajstić information content (AvgIpc) is 2.14. The van der Waals surface area contributed by atoms with Gasteiger partial charge in [0.15, 0.2) is 0 Å². The van der Waals surface area contributed by atoms with Crippen LogP contribution in [0.4, 0.5) is 0 Å². The molecule has 2 heteroatoms. The van der Waals surface area contributed by atoms with Gasteiger partial charge >= 0.3 is 0 Å². The first kappa shape index (κ1) is 12.9. The standard InChI is InChI=1S/C15H22ClN/c1-15(2,3)17-10-12-7-8-14(12)11-5-4-6-13(16)9-11/h4-6,9,12,14,17H,7-8,10H2,1-3H3. The molecule has 17 heavy (non-hydrogen) atoms. The third-order valence-corrected chi connectivity index (χ3v) is 3.82. The van der Waals surface area contributed by atoms with E-state index in [9.17, 15) is 0 Å². The Morgan fingerprint density at radius 2 is 2.06 bits per heavy atom. The van der Waals surface area contributed by atoms with Gasteiger partial charge in [-0.1, -0.05) is 23.7 Å². The second kappa shape index (κ2) is 4.99. The molecule has 2 rings (SSSR count). The van der Waals surface area contributed by atoms with E-state index in [1.165, 1.54) is 18.4 Å². The van der Waals surface area contributed by atoms with E-state index in [1.807, 2.05) is 6.07 Å². The van der Waals surface area contributed by atoms with Crippen LogP contribution in [0.15, 0.2) is 24.3 Å².